The van der Waals surface area contributed by atoms with E-state index in [-0.39, 0.29) is 6.04 Å². The molecule has 94 valence electrons. The van der Waals surface area contributed by atoms with Crippen LogP contribution in [0.5, 0.6) is 0 Å². The maximum Gasteiger partial charge on any atom is 0.160 e. The molecule has 0 radical (unpaired) electrons. The third kappa shape index (κ3) is 2.52. The molecular formula is C14H18N4. The molecule has 4 heteroatoms. The van der Waals surface area contributed by atoms with Crippen LogP contribution in [-0.4, -0.2) is 21.1 Å². The molecule has 0 aliphatic carbocycles. The van der Waals surface area contributed by atoms with Crippen molar-refractivity contribution in [3.05, 3.63) is 30.2 Å². The number of nitrogens with one attached hydrogen (secondary N) is 1. The summed E-state index contributed by atoms with van der Waals surface area (Å²) in [5.74, 6) is 7.28. The summed E-state index contributed by atoms with van der Waals surface area (Å²) in [6, 6.07) is 6.07. The molecule has 18 heavy (non-hydrogen) atoms. The number of fused-ring (bicyclic) bond motifs is 1. The molecule has 2 aromatic rings. The first kappa shape index (κ1) is 12.6. The molecule has 0 aromatic carbocycles. The molecular weight excluding hydrogens is 224 g/mol. The molecule has 0 saturated carbocycles. The zero-order chi connectivity index (χ0) is 13.0. The van der Waals surface area contributed by atoms with Crippen molar-refractivity contribution in [2.45, 2.75) is 26.8 Å². The first-order chi connectivity index (χ1) is 8.74. The van der Waals surface area contributed by atoms with Crippen molar-refractivity contribution in [1.29, 1.82) is 0 Å². The smallest absolute Gasteiger partial charge is 0.160 e. The highest BCUT2D eigenvalue weighted by Crippen LogP contribution is 2.20. The molecule has 1 atom stereocenters. The molecule has 1 N–H and O–H groups in total. The molecule has 0 aliphatic heterocycles. The lowest BCUT2D eigenvalue weighted by atomic mass is 10.0. The Morgan fingerprint density at radius 2 is 2.17 bits per heavy atom. The molecule has 0 amide bonds. The van der Waals surface area contributed by atoms with E-state index in [0.29, 0.717) is 12.5 Å². The van der Waals surface area contributed by atoms with E-state index in [1.807, 2.05) is 35.7 Å². The summed E-state index contributed by atoms with van der Waals surface area (Å²) >= 11 is 0. The van der Waals surface area contributed by atoms with Gasteiger partial charge in [-0.2, -0.15) is 0 Å². The summed E-state index contributed by atoms with van der Waals surface area (Å²) in [4.78, 5) is 0. The topological polar surface area (TPSA) is 42.2 Å². The zero-order valence-electron chi connectivity index (χ0n) is 11.0. The van der Waals surface area contributed by atoms with Gasteiger partial charge in [0, 0.05) is 6.20 Å². The van der Waals surface area contributed by atoms with E-state index >= 15 is 0 Å². The molecule has 0 bridgehead atoms. The molecule has 2 heterocycles. The monoisotopic (exact) mass is 242 g/mol. The standard InChI is InChI=1S/C14H18N4/c1-4-5-9-15-13(11(2)3)14-17-16-12-8-6-7-10-18(12)14/h6-8,10-11,13,15H,9H2,1-3H3/t13-/m0/s1. The van der Waals surface area contributed by atoms with Gasteiger partial charge in [0.15, 0.2) is 11.5 Å². The lowest BCUT2D eigenvalue weighted by molar-refractivity contribution is 0.409. The fourth-order valence-electron chi connectivity index (χ4n) is 1.95. The largest absolute Gasteiger partial charge is 0.296 e. The van der Waals surface area contributed by atoms with Gasteiger partial charge in [-0.05, 0) is 25.0 Å². The van der Waals surface area contributed by atoms with E-state index in [1.165, 1.54) is 0 Å². The number of hydrogen-bond acceptors (Lipinski definition) is 3. The van der Waals surface area contributed by atoms with E-state index in [4.69, 9.17) is 0 Å². The first-order valence-corrected chi connectivity index (χ1v) is 6.16. The van der Waals surface area contributed by atoms with Gasteiger partial charge >= 0.3 is 0 Å². The van der Waals surface area contributed by atoms with Gasteiger partial charge in [0.2, 0.25) is 0 Å². The summed E-state index contributed by atoms with van der Waals surface area (Å²) in [5.41, 5.74) is 0.876. The second-order valence-electron chi connectivity index (χ2n) is 4.52. The number of pyridine rings is 1. The van der Waals surface area contributed by atoms with E-state index in [0.717, 1.165) is 11.5 Å². The van der Waals surface area contributed by atoms with E-state index in [9.17, 15) is 0 Å². The lowest BCUT2D eigenvalue weighted by Gasteiger charge is -2.19. The van der Waals surface area contributed by atoms with Crippen molar-refractivity contribution in [3.63, 3.8) is 0 Å². The number of hydrogen-bond donors (Lipinski definition) is 1. The Hall–Kier alpha value is -1.86. The fraction of sp³-hybridized carbons (Fsp3) is 0.429. The minimum atomic E-state index is 0.156. The average molecular weight is 242 g/mol. The Kier molecular flexibility index (Phi) is 3.96. The predicted molar refractivity (Wildman–Crippen MR) is 72.0 cm³/mol. The van der Waals surface area contributed by atoms with Gasteiger partial charge in [-0.3, -0.25) is 9.72 Å². The zero-order valence-corrected chi connectivity index (χ0v) is 11.0. The summed E-state index contributed by atoms with van der Waals surface area (Å²) in [5, 5.41) is 11.9. The van der Waals surface area contributed by atoms with Gasteiger partial charge in [-0.25, -0.2) is 0 Å². The maximum absolute atomic E-state index is 4.30. The number of rotatable bonds is 4. The Labute approximate surface area is 107 Å². The van der Waals surface area contributed by atoms with Crippen LogP contribution in [0.25, 0.3) is 5.65 Å². The van der Waals surface area contributed by atoms with Crippen molar-refractivity contribution in [2.24, 2.45) is 5.92 Å². The van der Waals surface area contributed by atoms with Crippen LogP contribution in [0.2, 0.25) is 0 Å². The Morgan fingerprint density at radius 3 is 2.89 bits per heavy atom. The molecule has 4 nitrogen and oxygen atoms in total. The normalized spacial score (nSPS) is 12.4. The molecule has 0 unspecified atom stereocenters. The van der Waals surface area contributed by atoms with E-state index < -0.39 is 0 Å². The third-order valence-corrected chi connectivity index (χ3v) is 2.87. The molecule has 2 aromatic heterocycles. The molecule has 0 saturated heterocycles. The Bertz CT molecular complexity index is 574. The highest BCUT2D eigenvalue weighted by molar-refractivity contribution is 5.37. The van der Waals surface area contributed by atoms with Crippen LogP contribution in [0.3, 0.4) is 0 Å². The van der Waals surface area contributed by atoms with Crippen molar-refractivity contribution in [1.82, 2.24) is 19.9 Å². The fourth-order valence-corrected chi connectivity index (χ4v) is 1.95. The molecule has 2 rings (SSSR count). The number of nitrogens with zero attached hydrogens (tertiary/aromatic N) is 3. The first-order valence-electron chi connectivity index (χ1n) is 6.16. The minimum Gasteiger partial charge on any atom is -0.296 e. The van der Waals surface area contributed by atoms with Crippen LogP contribution in [0.4, 0.5) is 0 Å². The highest BCUT2D eigenvalue weighted by Gasteiger charge is 2.20. The van der Waals surface area contributed by atoms with E-state index in [2.05, 4.69) is 41.2 Å². The van der Waals surface area contributed by atoms with Gasteiger partial charge in [0.25, 0.3) is 0 Å². The Balaban J connectivity index is 2.31. The molecule has 0 fully saturated rings. The Morgan fingerprint density at radius 1 is 1.33 bits per heavy atom. The highest BCUT2D eigenvalue weighted by atomic mass is 15.3. The van der Waals surface area contributed by atoms with Crippen molar-refractivity contribution in [3.8, 4) is 11.8 Å². The van der Waals surface area contributed by atoms with Crippen LogP contribution in [0, 0.1) is 17.8 Å². The summed E-state index contributed by atoms with van der Waals surface area (Å²) < 4.78 is 2.02. The summed E-state index contributed by atoms with van der Waals surface area (Å²) in [6.07, 6.45) is 1.99. The van der Waals surface area contributed by atoms with Crippen LogP contribution < -0.4 is 5.32 Å². The van der Waals surface area contributed by atoms with Crippen LogP contribution in [-0.2, 0) is 0 Å². The van der Waals surface area contributed by atoms with Crippen LogP contribution >= 0.6 is 0 Å². The minimum absolute atomic E-state index is 0.156. The SMILES string of the molecule is CC#CCN[C@H](c1nnc2ccccn12)C(C)C. The van der Waals surface area contributed by atoms with Gasteiger partial charge < -0.3 is 0 Å². The van der Waals surface area contributed by atoms with Gasteiger partial charge in [0.1, 0.15) is 0 Å². The summed E-state index contributed by atoms with van der Waals surface area (Å²) in [6.45, 7) is 6.85. The third-order valence-electron chi connectivity index (χ3n) is 2.87. The van der Waals surface area contributed by atoms with Gasteiger partial charge in [0.05, 0.1) is 12.6 Å². The van der Waals surface area contributed by atoms with Crippen LogP contribution in [0.15, 0.2) is 24.4 Å². The van der Waals surface area contributed by atoms with Gasteiger partial charge in [-0.15, -0.1) is 16.1 Å². The predicted octanol–water partition coefficient (Wildman–Crippen LogP) is 2.04. The molecule has 0 aliphatic rings. The van der Waals surface area contributed by atoms with E-state index in [1.54, 1.807) is 0 Å². The van der Waals surface area contributed by atoms with Crippen LogP contribution in [0.1, 0.15) is 32.6 Å². The van der Waals surface area contributed by atoms with Gasteiger partial charge in [-0.1, -0.05) is 25.8 Å². The van der Waals surface area contributed by atoms with Crippen molar-refractivity contribution < 1.29 is 0 Å². The van der Waals surface area contributed by atoms with Crippen molar-refractivity contribution in [2.75, 3.05) is 6.54 Å². The quantitative estimate of drug-likeness (QED) is 0.834. The lowest BCUT2D eigenvalue weighted by Crippen LogP contribution is -2.28. The maximum atomic E-state index is 4.30. The summed E-state index contributed by atoms with van der Waals surface area (Å²) in [7, 11) is 0. The van der Waals surface area contributed by atoms with Crippen molar-refractivity contribution >= 4 is 5.65 Å². The second-order valence-corrected chi connectivity index (χ2v) is 4.52. The number of aromatic nitrogens is 3. The molecule has 0 spiro atoms. The second kappa shape index (κ2) is 5.65. The average Bonchev–Trinajstić information content (AvgIpc) is 2.78.